The van der Waals surface area contributed by atoms with E-state index in [0.29, 0.717) is 34.7 Å². The summed E-state index contributed by atoms with van der Waals surface area (Å²) in [5, 5.41) is 6.12. The van der Waals surface area contributed by atoms with Gasteiger partial charge in [-0.25, -0.2) is 4.98 Å². The minimum Gasteiger partial charge on any atom is -0.369 e. The van der Waals surface area contributed by atoms with Crippen molar-refractivity contribution >= 4 is 59.8 Å². The van der Waals surface area contributed by atoms with E-state index in [9.17, 15) is 4.79 Å². The average molecular weight is 370 g/mol. The average Bonchev–Trinajstić information content (AvgIpc) is 2.63. The summed E-state index contributed by atoms with van der Waals surface area (Å²) >= 11 is 7.84. The second kappa shape index (κ2) is 6.59. The van der Waals surface area contributed by atoms with Crippen LogP contribution >= 0.6 is 22.9 Å². The van der Waals surface area contributed by atoms with Crippen LogP contribution in [-0.2, 0) is 0 Å². The van der Waals surface area contributed by atoms with Gasteiger partial charge in [0, 0.05) is 17.3 Å². The van der Waals surface area contributed by atoms with Crippen LogP contribution in [0.3, 0.4) is 0 Å². The van der Waals surface area contributed by atoms with Gasteiger partial charge in [-0.15, -0.1) is 11.3 Å². The molecule has 0 saturated carbocycles. The fourth-order valence-corrected chi connectivity index (χ4v) is 4.43. The number of pyridine rings is 1. The summed E-state index contributed by atoms with van der Waals surface area (Å²) < 4.78 is 1.63. The standard InChI is InChI=1S/C19H16ClN3OS/c20-13-7-3-6-12-16(24)15-11-5-1-2-8-14(11)23-19(22-10-4-9-21)18(15)25-17(12)13/h1-3,5-8H,4,9-10,21H2,(H,22,23). The van der Waals surface area contributed by atoms with Gasteiger partial charge >= 0.3 is 0 Å². The molecule has 6 heteroatoms. The van der Waals surface area contributed by atoms with Crippen LogP contribution in [0, 0.1) is 0 Å². The Balaban J connectivity index is 2.14. The van der Waals surface area contributed by atoms with Crippen molar-refractivity contribution in [3.8, 4) is 0 Å². The van der Waals surface area contributed by atoms with Gasteiger partial charge in [0.05, 0.1) is 25.3 Å². The van der Waals surface area contributed by atoms with E-state index >= 15 is 0 Å². The molecule has 3 N–H and O–H groups in total. The molecule has 4 aromatic rings. The van der Waals surface area contributed by atoms with Crippen LogP contribution in [0.2, 0.25) is 5.02 Å². The van der Waals surface area contributed by atoms with Gasteiger partial charge in [0.2, 0.25) is 0 Å². The fraction of sp³-hybridized carbons (Fsp3) is 0.158. The Hall–Kier alpha value is -2.21. The van der Waals surface area contributed by atoms with Crippen molar-refractivity contribution < 1.29 is 0 Å². The second-order valence-electron chi connectivity index (χ2n) is 5.80. The van der Waals surface area contributed by atoms with E-state index in [0.717, 1.165) is 26.7 Å². The van der Waals surface area contributed by atoms with E-state index in [2.05, 4.69) is 5.32 Å². The summed E-state index contributed by atoms with van der Waals surface area (Å²) in [4.78, 5) is 17.9. The van der Waals surface area contributed by atoms with Gasteiger partial charge < -0.3 is 11.1 Å². The van der Waals surface area contributed by atoms with Gasteiger partial charge in [-0.2, -0.15) is 0 Å². The van der Waals surface area contributed by atoms with Crippen molar-refractivity contribution in [2.45, 2.75) is 6.42 Å². The molecule has 4 rings (SSSR count). The van der Waals surface area contributed by atoms with Crippen molar-refractivity contribution in [2.75, 3.05) is 18.4 Å². The van der Waals surface area contributed by atoms with E-state index in [1.807, 2.05) is 42.5 Å². The summed E-state index contributed by atoms with van der Waals surface area (Å²) in [6.45, 7) is 1.31. The Bertz CT molecular complexity index is 1160. The molecule has 25 heavy (non-hydrogen) atoms. The third kappa shape index (κ3) is 2.74. The van der Waals surface area contributed by atoms with Crippen molar-refractivity contribution in [1.29, 1.82) is 0 Å². The lowest BCUT2D eigenvalue weighted by molar-refractivity contribution is 0.872. The Morgan fingerprint density at radius 1 is 1.08 bits per heavy atom. The van der Waals surface area contributed by atoms with Gasteiger partial charge in [0.15, 0.2) is 5.43 Å². The molecule has 0 aliphatic carbocycles. The number of para-hydroxylation sites is 1. The molecule has 126 valence electrons. The number of fused-ring (bicyclic) bond motifs is 4. The zero-order chi connectivity index (χ0) is 17.4. The first-order valence-electron chi connectivity index (χ1n) is 8.08. The SMILES string of the molecule is NCCCNc1nc2ccccc2c2c(=O)c3cccc(Cl)c3sc12. The predicted octanol–water partition coefficient (Wildman–Crippen LogP) is 4.38. The number of rotatable bonds is 4. The number of nitrogens with zero attached hydrogens (tertiary/aromatic N) is 1. The number of nitrogens with two attached hydrogens (primary N) is 1. The molecule has 0 spiro atoms. The first-order valence-corrected chi connectivity index (χ1v) is 9.28. The maximum absolute atomic E-state index is 13.2. The number of hydrogen-bond acceptors (Lipinski definition) is 5. The lowest BCUT2D eigenvalue weighted by Gasteiger charge is -2.12. The van der Waals surface area contributed by atoms with Crippen LogP contribution in [-0.4, -0.2) is 18.1 Å². The van der Waals surface area contributed by atoms with Crippen LogP contribution in [0.25, 0.3) is 31.1 Å². The smallest absolute Gasteiger partial charge is 0.196 e. The molecular weight excluding hydrogens is 354 g/mol. The van der Waals surface area contributed by atoms with Crippen molar-refractivity contribution in [3.05, 3.63) is 57.7 Å². The van der Waals surface area contributed by atoms with Gasteiger partial charge in [-0.05, 0) is 31.2 Å². The molecule has 0 radical (unpaired) electrons. The third-order valence-corrected chi connectivity index (χ3v) is 5.84. The summed E-state index contributed by atoms with van der Waals surface area (Å²) in [6, 6.07) is 13.2. The van der Waals surface area contributed by atoms with Gasteiger partial charge in [0.25, 0.3) is 0 Å². The van der Waals surface area contributed by atoms with Crippen LogP contribution in [0.4, 0.5) is 5.82 Å². The van der Waals surface area contributed by atoms with Crippen molar-refractivity contribution in [1.82, 2.24) is 4.98 Å². The highest BCUT2D eigenvalue weighted by Crippen LogP contribution is 2.36. The maximum Gasteiger partial charge on any atom is 0.196 e. The highest BCUT2D eigenvalue weighted by molar-refractivity contribution is 7.25. The van der Waals surface area contributed by atoms with E-state index in [1.54, 1.807) is 0 Å². The number of anilines is 1. The zero-order valence-electron chi connectivity index (χ0n) is 13.4. The maximum atomic E-state index is 13.2. The zero-order valence-corrected chi connectivity index (χ0v) is 15.0. The third-order valence-electron chi connectivity index (χ3n) is 4.16. The monoisotopic (exact) mass is 369 g/mol. The van der Waals surface area contributed by atoms with Crippen LogP contribution < -0.4 is 16.5 Å². The minimum absolute atomic E-state index is 0.00766. The number of nitrogens with one attached hydrogen (secondary N) is 1. The first-order chi connectivity index (χ1) is 12.2. The van der Waals surface area contributed by atoms with Gasteiger partial charge in [-0.1, -0.05) is 35.9 Å². The molecular formula is C19H16ClN3OS. The molecule has 2 heterocycles. The molecule has 0 aliphatic heterocycles. The molecule has 2 aromatic heterocycles. The predicted molar refractivity (Wildman–Crippen MR) is 108 cm³/mol. The largest absolute Gasteiger partial charge is 0.369 e. The number of aromatic nitrogens is 1. The minimum atomic E-state index is -0.00766. The number of hydrogen-bond donors (Lipinski definition) is 2. The Labute approximate surface area is 153 Å². The fourth-order valence-electron chi connectivity index (χ4n) is 2.98. The highest BCUT2D eigenvalue weighted by Gasteiger charge is 2.15. The lowest BCUT2D eigenvalue weighted by atomic mass is 10.1. The molecule has 0 fully saturated rings. The Kier molecular flexibility index (Phi) is 4.29. The summed E-state index contributed by atoms with van der Waals surface area (Å²) in [5.74, 6) is 0.714. The molecule has 0 atom stereocenters. The van der Waals surface area contributed by atoms with Crippen LogP contribution in [0.1, 0.15) is 6.42 Å². The molecule has 0 unspecified atom stereocenters. The Morgan fingerprint density at radius 2 is 1.88 bits per heavy atom. The van der Waals surface area contributed by atoms with Gasteiger partial charge in [0.1, 0.15) is 5.82 Å². The second-order valence-corrected chi connectivity index (χ2v) is 7.23. The molecule has 0 saturated heterocycles. The summed E-state index contributed by atoms with van der Waals surface area (Å²) in [6.07, 6.45) is 0.833. The van der Waals surface area contributed by atoms with E-state index < -0.39 is 0 Å². The first kappa shape index (κ1) is 16.3. The topological polar surface area (TPSA) is 68.0 Å². The number of benzene rings is 2. The molecule has 4 nitrogen and oxygen atoms in total. The normalized spacial score (nSPS) is 11.4. The lowest BCUT2D eigenvalue weighted by Crippen LogP contribution is -2.11. The summed E-state index contributed by atoms with van der Waals surface area (Å²) in [5.41, 5.74) is 6.38. The number of halogens is 1. The summed E-state index contributed by atoms with van der Waals surface area (Å²) in [7, 11) is 0. The Morgan fingerprint density at radius 3 is 2.72 bits per heavy atom. The van der Waals surface area contributed by atoms with E-state index in [-0.39, 0.29) is 5.43 Å². The van der Waals surface area contributed by atoms with Crippen molar-refractivity contribution in [3.63, 3.8) is 0 Å². The molecule has 0 aliphatic rings. The molecule has 0 amide bonds. The van der Waals surface area contributed by atoms with Crippen LogP contribution in [0.15, 0.2) is 47.3 Å². The van der Waals surface area contributed by atoms with E-state index in [4.69, 9.17) is 22.3 Å². The van der Waals surface area contributed by atoms with Crippen molar-refractivity contribution in [2.24, 2.45) is 5.73 Å². The van der Waals surface area contributed by atoms with Crippen LogP contribution in [0.5, 0.6) is 0 Å². The molecule has 0 bridgehead atoms. The highest BCUT2D eigenvalue weighted by atomic mass is 35.5. The van der Waals surface area contributed by atoms with E-state index in [1.165, 1.54) is 11.3 Å². The van der Waals surface area contributed by atoms with Gasteiger partial charge in [-0.3, -0.25) is 4.79 Å². The molecule has 2 aromatic carbocycles. The quantitative estimate of drug-likeness (QED) is 0.318.